The number of hydrogen-bond donors (Lipinski definition) is 1. The molecule has 0 aromatic heterocycles. The molecular weight excluding hydrogens is 264 g/mol. The van der Waals surface area contributed by atoms with E-state index < -0.39 is 0 Å². The first kappa shape index (κ1) is 13.8. The number of nitrogens with one attached hydrogen (secondary N) is 1. The van der Waals surface area contributed by atoms with Gasteiger partial charge in [-0.2, -0.15) is 0 Å². The molecule has 4 heteroatoms. The van der Waals surface area contributed by atoms with Crippen molar-refractivity contribution in [2.45, 2.75) is 25.3 Å². The van der Waals surface area contributed by atoms with Gasteiger partial charge in [0.2, 0.25) is 0 Å². The number of rotatable bonds is 5. The van der Waals surface area contributed by atoms with E-state index in [9.17, 15) is 10.1 Å². The molecule has 2 aromatic rings. The van der Waals surface area contributed by atoms with E-state index in [-0.39, 0.29) is 10.6 Å². The van der Waals surface area contributed by atoms with E-state index in [0.29, 0.717) is 6.04 Å². The van der Waals surface area contributed by atoms with Gasteiger partial charge in [0.05, 0.1) is 4.92 Å². The zero-order chi connectivity index (χ0) is 14.7. The predicted molar refractivity (Wildman–Crippen MR) is 82.4 cm³/mol. The lowest BCUT2D eigenvalue weighted by atomic mass is 10.1. The average Bonchev–Trinajstić information content (AvgIpc) is 2.90. The van der Waals surface area contributed by atoms with E-state index >= 15 is 0 Å². The van der Waals surface area contributed by atoms with Crippen molar-refractivity contribution in [3.8, 4) is 0 Å². The Kier molecular flexibility index (Phi) is 3.97. The third-order valence-electron chi connectivity index (χ3n) is 4.04. The first-order chi connectivity index (χ1) is 10.2. The van der Waals surface area contributed by atoms with Crippen molar-refractivity contribution in [2.24, 2.45) is 0 Å². The van der Waals surface area contributed by atoms with E-state index in [1.807, 2.05) is 12.1 Å². The minimum Gasteiger partial charge on any atom is -0.313 e. The molecule has 0 radical (unpaired) electrons. The van der Waals surface area contributed by atoms with E-state index in [0.717, 1.165) is 31.4 Å². The molecule has 1 aliphatic carbocycles. The zero-order valence-electron chi connectivity index (χ0n) is 11.8. The van der Waals surface area contributed by atoms with Gasteiger partial charge in [-0.1, -0.05) is 36.4 Å². The summed E-state index contributed by atoms with van der Waals surface area (Å²) in [6.07, 6.45) is 3.08. The summed E-state index contributed by atoms with van der Waals surface area (Å²) in [6.45, 7) is 0.899. The molecule has 0 spiro atoms. The second-order valence-corrected chi connectivity index (χ2v) is 5.50. The summed E-state index contributed by atoms with van der Waals surface area (Å²) in [5.41, 5.74) is 4.18. The number of nitro groups is 1. The van der Waals surface area contributed by atoms with Gasteiger partial charge in [-0.05, 0) is 42.5 Å². The fraction of sp³-hybridized carbons (Fsp3) is 0.294. The van der Waals surface area contributed by atoms with Crippen LogP contribution < -0.4 is 5.32 Å². The van der Waals surface area contributed by atoms with E-state index in [2.05, 4.69) is 29.6 Å². The Balaban J connectivity index is 1.48. The van der Waals surface area contributed by atoms with Gasteiger partial charge in [0, 0.05) is 18.2 Å². The zero-order valence-corrected chi connectivity index (χ0v) is 11.8. The summed E-state index contributed by atoms with van der Waals surface area (Å²) in [6, 6.07) is 15.9. The maximum atomic E-state index is 10.6. The number of hydrogen-bond acceptors (Lipinski definition) is 3. The van der Waals surface area contributed by atoms with Crippen LogP contribution in [0.2, 0.25) is 0 Å². The van der Waals surface area contributed by atoms with Crippen molar-refractivity contribution >= 4 is 5.69 Å². The molecule has 0 unspecified atom stereocenters. The summed E-state index contributed by atoms with van der Waals surface area (Å²) >= 11 is 0. The number of non-ortho nitro benzene ring substituents is 1. The highest BCUT2D eigenvalue weighted by Gasteiger charge is 2.19. The number of fused-ring (bicyclic) bond motifs is 1. The molecule has 108 valence electrons. The monoisotopic (exact) mass is 282 g/mol. The molecule has 0 saturated heterocycles. The Morgan fingerprint density at radius 3 is 2.24 bits per heavy atom. The van der Waals surface area contributed by atoms with E-state index in [4.69, 9.17) is 0 Å². The molecule has 3 rings (SSSR count). The van der Waals surface area contributed by atoms with Gasteiger partial charge >= 0.3 is 0 Å². The van der Waals surface area contributed by atoms with Gasteiger partial charge in [0.15, 0.2) is 0 Å². The highest BCUT2D eigenvalue weighted by atomic mass is 16.6. The van der Waals surface area contributed by atoms with Crippen LogP contribution in [0.15, 0.2) is 48.5 Å². The van der Waals surface area contributed by atoms with Crippen molar-refractivity contribution in [2.75, 3.05) is 6.54 Å². The van der Waals surface area contributed by atoms with Gasteiger partial charge in [-0.15, -0.1) is 0 Å². The molecule has 1 N–H and O–H groups in total. The minimum absolute atomic E-state index is 0.151. The molecular formula is C17H18N2O2. The fourth-order valence-corrected chi connectivity index (χ4v) is 2.91. The Morgan fingerprint density at radius 2 is 1.67 bits per heavy atom. The second kappa shape index (κ2) is 6.06. The maximum absolute atomic E-state index is 10.6. The van der Waals surface area contributed by atoms with Crippen LogP contribution in [0.25, 0.3) is 0 Å². The lowest BCUT2D eigenvalue weighted by molar-refractivity contribution is -0.384. The fourth-order valence-electron chi connectivity index (χ4n) is 2.91. The topological polar surface area (TPSA) is 55.2 Å². The Morgan fingerprint density at radius 1 is 1.05 bits per heavy atom. The summed E-state index contributed by atoms with van der Waals surface area (Å²) < 4.78 is 0. The molecule has 0 fully saturated rings. The SMILES string of the molecule is O=[N+]([O-])c1ccc(CCNC2Cc3ccccc3C2)cc1. The van der Waals surface area contributed by atoms with Crippen molar-refractivity contribution in [1.82, 2.24) is 5.32 Å². The minimum atomic E-state index is -0.363. The predicted octanol–water partition coefficient (Wildman–Crippen LogP) is 2.89. The molecule has 0 aliphatic heterocycles. The van der Waals surface area contributed by atoms with Gasteiger partial charge in [-0.25, -0.2) is 0 Å². The number of nitrogens with zero attached hydrogens (tertiary/aromatic N) is 1. The summed E-state index contributed by atoms with van der Waals surface area (Å²) in [7, 11) is 0. The molecule has 0 amide bonds. The van der Waals surface area contributed by atoms with Crippen molar-refractivity contribution in [3.63, 3.8) is 0 Å². The highest BCUT2D eigenvalue weighted by Crippen LogP contribution is 2.21. The third kappa shape index (κ3) is 3.28. The first-order valence-electron chi connectivity index (χ1n) is 7.26. The standard InChI is InChI=1S/C17H18N2O2/c20-19(21)17-7-5-13(6-8-17)9-10-18-16-11-14-3-1-2-4-15(14)12-16/h1-8,16,18H,9-12H2. The third-order valence-corrected chi connectivity index (χ3v) is 4.04. The Hall–Kier alpha value is -2.20. The molecule has 2 aromatic carbocycles. The smallest absolute Gasteiger partial charge is 0.269 e. The molecule has 21 heavy (non-hydrogen) atoms. The van der Waals surface area contributed by atoms with Crippen LogP contribution in [-0.4, -0.2) is 17.5 Å². The largest absolute Gasteiger partial charge is 0.313 e. The highest BCUT2D eigenvalue weighted by molar-refractivity contribution is 5.34. The van der Waals surface area contributed by atoms with Crippen LogP contribution in [0.4, 0.5) is 5.69 Å². The van der Waals surface area contributed by atoms with Crippen LogP contribution >= 0.6 is 0 Å². The first-order valence-corrected chi connectivity index (χ1v) is 7.26. The normalized spacial score (nSPS) is 14.1. The van der Waals surface area contributed by atoms with Crippen molar-refractivity contribution in [1.29, 1.82) is 0 Å². The Bertz CT molecular complexity index is 612. The number of nitro benzene ring substituents is 1. The quantitative estimate of drug-likeness (QED) is 0.677. The summed E-state index contributed by atoms with van der Waals surface area (Å²) in [4.78, 5) is 10.2. The summed E-state index contributed by atoms with van der Waals surface area (Å²) in [5.74, 6) is 0. The average molecular weight is 282 g/mol. The van der Waals surface area contributed by atoms with Gasteiger partial charge < -0.3 is 5.32 Å². The summed E-state index contributed by atoms with van der Waals surface area (Å²) in [5, 5.41) is 14.2. The van der Waals surface area contributed by atoms with Crippen LogP contribution in [0.1, 0.15) is 16.7 Å². The van der Waals surface area contributed by atoms with Crippen LogP contribution in [0.3, 0.4) is 0 Å². The molecule has 0 atom stereocenters. The molecule has 0 bridgehead atoms. The van der Waals surface area contributed by atoms with Crippen molar-refractivity contribution < 1.29 is 4.92 Å². The Labute approximate surface area is 124 Å². The van der Waals surface area contributed by atoms with Crippen molar-refractivity contribution in [3.05, 3.63) is 75.3 Å². The molecule has 0 heterocycles. The van der Waals surface area contributed by atoms with Gasteiger partial charge in [0.1, 0.15) is 0 Å². The van der Waals surface area contributed by atoms with E-state index in [1.54, 1.807) is 12.1 Å². The molecule has 4 nitrogen and oxygen atoms in total. The second-order valence-electron chi connectivity index (χ2n) is 5.50. The van der Waals surface area contributed by atoms with Crippen LogP contribution in [0.5, 0.6) is 0 Å². The molecule has 1 aliphatic rings. The molecule has 0 saturated carbocycles. The van der Waals surface area contributed by atoms with Gasteiger partial charge in [0.25, 0.3) is 5.69 Å². The van der Waals surface area contributed by atoms with Gasteiger partial charge in [-0.3, -0.25) is 10.1 Å². The van der Waals surface area contributed by atoms with E-state index in [1.165, 1.54) is 11.1 Å². The van der Waals surface area contributed by atoms with Crippen LogP contribution in [-0.2, 0) is 19.3 Å². The lowest BCUT2D eigenvalue weighted by Crippen LogP contribution is -2.31. The lowest BCUT2D eigenvalue weighted by Gasteiger charge is -2.11. The maximum Gasteiger partial charge on any atom is 0.269 e. The van der Waals surface area contributed by atoms with Crippen LogP contribution in [0, 0.1) is 10.1 Å². The number of benzene rings is 2.